The third kappa shape index (κ3) is 3.21. The van der Waals surface area contributed by atoms with Gasteiger partial charge in [-0.05, 0) is 12.8 Å². The number of sulfonamides is 1. The van der Waals surface area contributed by atoms with Crippen molar-refractivity contribution in [1.29, 1.82) is 0 Å². The van der Waals surface area contributed by atoms with Crippen LogP contribution in [0.25, 0.3) is 0 Å². The van der Waals surface area contributed by atoms with E-state index in [9.17, 15) is 8.42 Å². The van der Waals surface area contributed by atoms with Crippen LogP contribution < -0.4 is 0 Å². The number of hydrogen-bond acceptors (Lipinski definition) is 5. The lowest BCUT2D eigenvalue weighted by molar-refractivity contribution is -0.0606. The molecule has 7 nitrogen and oxygen atoms in total. The van der Waals surface area contributed by atoms with Gasteiger partial charge in [0.2, 0.25) is 0 Å². The lowest BCUT2D eigenvalue weighted by Crippen LogP contribution is -2.53. The molecule has 8 heteroatoms. The molecule has 0 spiro atoms. The average molecular weight is 341 g/mol. The molecule has 0 aromatic carbocycles. The number of nitrogens with zero attached hydrogens (tertiary/aromatic N) is 3. The molecule has 128 valence electrons. The maximum Gasteiger partial charge on any atom is 0.262 e. The Morgan fingerprint density at radius 1 is 1.52 bits per heavy atom. The summed E-state index contributed by atoms with van der Waals surface area (Å²) in [6, 6.07) is -0.131. The number of ether oxygens (including phenoxy) is 2. The minimum atomic E-state index is -3.58. The molecule has 3 rings (SSSR count). The number of aryl methyl sites for hydroxylation is 1. The summed E-state index contributed by atoms with van der Waals surface area (Å²) < 4.78 is 40.3. The van der Waals surface area contributed by atoms with E-state index in [1.54, 1.807) is 28.2 Å². The maximum atomic E-state index is 12.9. The highest BCUT2D eigenvalue weighted by atomic mass is 32.2. The highest BCUT2D eigenvalue weighted by Gasteiger charge is 2.47. The monoisotopic (exact) mass is 341 g/mol. The smallest absolute Gasteiger partial charge is 0.262 e. The zero-order valence-corrected chi connectivity index (χ0v) is 14.1. The van der Waals surface area contributed by atoms with Gasteiger partial charge in [-0.3, -0.25) is 0 Å². The van der Waals surface area contributed by atoms with Gasteiger partial charge in [0.15, 0.2) is 5.03 Å². The van der Waals surface area contributed by atoms with E-state index < -0.39 is 10.0 Å². The summed E-state index contributed by atoms with van der Waals surface area (Å²) in [5.41, 5.74) is 0. The molecule has 1 aromatic heterocycles. The molecule has 23 heavy (non-hydrogen) atoms. The Morgan fingerprint density at radius 3 is 3.04 bits per heavy atom. The molecule has 3 unspecified atom stereocenters. The zero-order valence-electron chi connectivity index (χ0n) is 13.3. The largest absolute Gasteiger partial charge is 0.377 e. The van der Waals surface area contributed by atoms with Crippen LogP contribution in [0.5, 0.6) is 0 Å². The molecule has 2 aliphatic rings. The molecule has 1 saturated heterocycles. The van der Waals surface area contributed by atoms with Crippen LogP contribution in [0.4, 0.5) is 0 Å². The van der Waals surface area contributed by atoms with E-state index in [1.165, 1.54) is 6.33 Å². The summed E-state index contributed by atoms with van der Waals surface area (Å²) in [5, 5.41) is 0.104. The quantitative estimate of drug-likeness (QED) is 0.565. The minimum absolute atomic E-state index is 0.104. The van der Waals surface area contributed by atoms with Gasteiger partial charge in [0.05, 0.1) is 38.3 Å². The molecule has 0 amide bonds. The summed E-state index contributed by atoms with van der Waals surface area (Å²) >= 11 is 0. The Hall–Kier alpha value is -1.22. The standard InChI is InChI=1S/C15H23N3O4S/c1-3-7-21-10-12-4-5-13-15(12)22-8-6-18(13)23(19,20)14-9-17(2)11-16-14/h3,9,11-13,15H,1,4-8,10H2,2H3. The molecule has 0 bridgehead atoms. The van der Waals surface area contributed by atoms with Crippen LogP contribution in [0.2, 0.25) is 0 Å². The minimum Gasteiger partial charge on any atom is -0.377 e. The summed E-state index contributed by atoms with van der Waals surface area (Å²) in [4.78, 5) is 4.01. The first-order valence-corrected chi connectivity index (χ1v) is 9.28. The van der Waals surface area contributed by atoms with Crippen molar-refractivity contribution in [2.24, 2.45) is 13.0 Å². The van der Waals surface area contributed by atoms with Crippen molar-refractivity contribution < 1.29 is 17.9 Å². The first-order chi connectivity index (χ1) is 11.0. The van der Waals surface area contributed by atoms with Gasteiger partial charge in [0, 0.05) is 25.7 Å². The molecule has 2 heterocycles. The fraction of sp³-hybridized carbons (Fsp3) is 0.667. The lowest BCUT2D eigenvalue weighted by atomic mass is 10.1. The fourth-order valence-corrected chi connectivity index (χ4v) is 5.07. The highest BCUT2D eigenvalue weighted by Crippen LogP contribution is 2.37. The number of rotatable bonds is 6. The van der Waals surface area contributed by atoms with Gasteiger partial charge >= 0.3 is 0 Å². The second-order valence-electron chi connectivity index (χ2n) is 6.06. The molecule has 1 aliphatic heterocycles. The Kier molecular flexibility index (Phi) is 4.86. The molecule has 3 atom stereocenters. The second kappa shape index (κ2) is 6.72. The zero-order chi connectivity index (χ0) is 16.4. The SMILES string of the molecule is C=CCOCC1CCC2C1OCCN2S(=O)(=O)c1cn(C)cn1. The van der Waals surface area contributed by atoms with E-state index in [-0.39, 0.29) is 23.1 Å². The van der Waals surface area contributed by atoms with Gasteiger partial charge in [-0.25, -0.2) is 13.4 Å². The van der Waals surface area contributed by atoms with Gasteiger partial charge in [-0.2, -0.15) is 4.31 Å². The van der Waals surface area contributed by atoms with Crippen molar-refractivity contribution in [3.05, 3.63) is 25.2 Å². The Bertz CT molecular complexity index is 657. The molecule has 2 fully saturated rings. The number of aromatic nitrogens is 2. The van der Waals surface area contributed by atoms with Crippen LogP contribution in [-0.4, -0.2) is 60.8 Å². The third-order valence-electron chi connectivity index (χ3n) is 4.49. The van der Waals surface area contributed by atoms with Crippen LogP contribution >= 0.6 is 0 Å². The summed E-state index contributed by atoms with van der Waals surface area (Å²) in [6.07, 6.45) is 6.35. The van der Waals surface area contributed by atoms with E-state index >= 15 is 0 Å². The topological polar surface area (TPSA) is 73.7 Å². The maximum absolute atomic E-state index is 12.9. The Balaban J connectivity index is 1.76. The number of fused-ring (bicyclic) bond motifs is 1. The molecule has 1 aliphatic carbocycles. The first kappa shape index (κ1) is 16.6. The Labute approximate surface area is 136 Å². The van der Waals surface area contributed by atoms with Crippen molar-refractivity contribution in [3.8, 4) is 0 Å². The third-order valence-corrected chi connectivity index (χ3v) is 6.30. The van der Waals surface area contributed by atoms with Gasteiger partial charge in [-0.1, -0.05) is 6.08 Å². The van der Waals surface area contributed by atoms with Gasteiger partial charge in [0.1, 0.15) is 0 Å². The molecular formula is C15H23N3O4S. The summed E-state index contributed by atoms with van der Waals surface area (Å²) in [6.45, 7) is 5.49. The van der Waals surface area contributed by atoms with Gasteiger partial charge < -0.3 is 14.0 Å². The van der Waals surface area contributed by atoms with Crippen molar-refractivity contribution in [1.82, 2.24) is 13.9 Å². The summed E-state index contributed by atoms with van der Waals surface area (Å²) in [7, 11) is -1.82. The summed E-state index contributed by atoms with van der Waals surface area (Å²) in [5.74, 6) is 0.224. The van der Waals surface area contributed by atoms with E-state index in [0.29, 0.717) is 26.4 Å². The van der Waals surface area contributed by atoms with E-state index in [0.717, 1.165) is 12.8 Å². The van der Waals surface area contributed by atoms with E-state index in [2.05, 4.69) is 11.6 Å². The van der Waals surface area contributed by atoms with Gasteiger partial charge in [0.25, 0.3) is 10.0 Å². The van der Waals surface area contributed by atoms with Crippen LogP contribution in [0.3, 0.4) is 0 Å². The number of morpholine rings is 1. The first-order valence-electron chi connectivity index (χ1n) is 7.84. The van der Waals surface area contributed by atoms with Crippen LogP contribution in [0, 0.1) is 5.92 Å². The Morgan fingerprint density at radius 2 is 2.35 bits per heavy atom. The van der Waals surface area contributed by atoms with Crippen LogP contribution in [0.15, 0.2) is 30.2 Å². The van der Waals surface area contributed by atoms with Crippen molar-refractivity contribution in [3.63, 3.8) is 0 Å². The highest BCUT2D eigenvalue weighted by molar-refractivity contribution is 7.89. The fourth-order valence-electron chi connectivity index (χ4n) is 3.45. The van der Waals surface area contributed by atoms with Crippen LogP contribution in [0.1, 0.15) is 12.8 Å². The van der Waals surface area contributed by atoms with Crippen molar-refractivity contribution in [2.75, 3.05) is 26.4 Å². The predicted octanol–water partition coefficient (Wildman–Crippen LogP) is 0.791. The molecular weight excluding hydrogens is 318 g/mol. The van der Waals surface area contributed by atoms with E-state index in [1.807, 2.05) is 0 Å². The number of hydrogen-bond donors (Lipinski definition) is 0. The lowest BCUT2D eigenvalue weighted by Gasteiger charge is -2.37. The molecule has 1 aromatic rings. The normalized spacial score (nSPS) is 28.7. The van der Waals surface area contributed by atoms with Crippen LogP contribution in [-0.2, 0) is 26.5 Å². The second-order valence-corrected chi connectivity index (χ2v) is 7.90. The predicted molar refractivity (Wildman–Crippen MR) is 84.4 cm³/mol. The molecule has 0 N–H and O–H groups in total. The van der Waals surface area contributed by atoms with Crippen molar-refractivity contribution in [2.45, 2.75) is 30.0 Å². The van der Waals surface area contributed by atoms with E-state index in [4.69, 9.17) is 9.47 Å². The molecule has 1 saturated carbocycles. The number of imidazole rings is 1. The average Bonchev–Trinajstić information content (AvgIpc) is 3.14. The van der Waals surface area contributed by atoms with Crippen molar-refractivity contribution >= 4 is 10.0 Å². The van der Waals surface area contributed by atoms with Gasteiger partial charge in [-0.15, -0.1) is 6.58 Å². The molecule has 0 radical (unpaired) electrons.